The summed E-state index contributed by atoms with van der Waals surface area (Å²) in [4.78, 5) is 4.25. The summed E-state index contributed by atoms with van der Waals surface area (Å²) in [5, 5.41) is 0. The molecule has 0 aliphatic carbocycles. The van der Waals surface area contributed by atoms with Gasteiger partial charge >= 0.3 is 0 Å². The SMILES string of the molecule is CC(C)CN1[C]N(C)c2ccccc21. The van der Waals surface area contributed by atoms with Crippen LogP contribution < -0.4 is 9.80 Å². The fraction of sp³-hybridized carbons (Fsp3) is 0.417. The average Bonchev–Trinajstić information content (AvgIpc) is 2.44. The largest absolute Gasteiger partial charge is 0.343 e. The Hall–Kier alpha value is -1.18. The van der Waals surface area contributed by atoms with Gasteiger partial charge in [-0.05, 0) is 18.1 Å². The lowest BCUT2D eigenvalue weighted by molar-refractivity contribution is 0.639. The molecule has 0 atom stereocenters. The van der Waals surface area contributed by atoms with Crippen LogP contribution in [0.5, 0.6) is 0 Å². The summed E-state index contributed by atoms with van der Waals surface area (Å²) in [7, 11) is 2.04. The predicted octanol–water partition coefficient (Wildman–Crippen LogP) is 2.60. The second kappa shape index (κ2) is 3.52. The van der Waals surface area contributed by atoms with Crippen LogP contribution in [0.25, 0.3) is 0 Å². The molecule has 74 valence electrons. The van der Waals surface area contributed by atoms with E-state index in [-0.39, 0.29) is 0 Å². The van der Waals surface area contributed by atoms with Gasteiger partial charge in [-0.25, -0.2) is 0 Å². The Morgan fingerprint density at radius 1 is 1.21 bits per heavy atom. The van der Waals surface area contributed by atoms with Crippen molar-refractivity contribution in [3.8, 4) is 0 Å². The summed E-state index contributed by atoms with van der Waals surface area (Å²) < 4.78 is 0. The van der Waals surface area contributed by atoms with Gasteiger partial charge in [-0.3, -0.25) is 0 Å². The summed E-state index contributed by atoms with van der Waals surface area (Å²) in [6.45, 7) is 8.80. The Bertz CT molecular complexity index is 318. The standard InChI is InChI=1S/C12H16N2/c1-10(2)8-14-9-13(3)11-6-4-5-7-12(11)14/h4-7,10H,8H2,1-3H3. The van der Waals surface area contributed by atoms with Crippen LogP contribution in [0.15, 0.2) is 24.3 Å². The molecule has 0 amide bonds. The van der Waals surface area contributed by atoms with Gasteiger partial charge in [0.2, 0.25) is 6.67 Å². The van der Waals surface area contributed by atoms with Gasteiger partial charge < -0.3 is 9.80 Å². The van der Waals surface area contributed by atoms with E-state index in [9.17, 15) is 0 Å². The molecule has 2 rings (SSSR count). The van der Waals surface area contributed by atoms with Crippen molar-refractivity contribution < 1.29 is 0 Å². The zero-order chi connectivity index (χ0) is 10.1. The minimum absolute atomic E-state index is 0.655. The van der Waals surface area contributed by atoms with Gasteiger partial charge in [0, 0.05) is 13.6 Å². The van der Waals surface area contributed by atoms with E-state index in [1.807, 2.05) is 7.05 Å². The normalized spacial score (nSPS) is 15.1. The third-order valence-electron chi connectivity index (χ3n) is 2.35. The molecule has 0 N–H and O–H groups in total. The highest BCUT2D eigenvalue weighted by molar-refractivity contribution is 5.78. The van der Waals surface area contributed by atoms with Gasteiger partial charge in [0.1, 0.15) is 0 Å². The fourth-order valence-corrected chi connectivity index (χ4v) is 1.77. The maximum absolute atomic E-state index is 3.32. The molecule has 0 bridgehead atoms. The molecular formula is C12H16N2. The van der Waals surface area contributed by atoms with Crippen molar-refractivity contribution in [3.63, 3.8) is 0 Å². The highest BCUT2D eigenvalue weighted by Gasteiger charge is 2.24. The number of anilines is 2. The van der Waals surface area contributed by atoms with Gasteiger partial charge in [0.25, 0.3) is 0 Å². The number of para-hydroxylation sites is 2. The minimum Gasteiger partial charge on any atom is -0.343 e. The van der Waals surface area contributed by atoms with Crippen LogP contribution in [0.3, 0.4) is 0 Å². The fourth-order valence-electron chi connectivity index (χ4n) is 1.77. The third-order valence-corrected chi connectivity index (χ3v) is 2.35. The summed E-state index contributed by atoms with van der Waals surface area (Å²) in [5.74, 6) is 0.655. The molecule has 1 heterocycles. The van der Waals surface area contributed by atoms with Crippen molar-refractivity contribution in [1.82, 2.24) is 0 Å². The molecule has 0 aromatic heterocycles. The van der Waals surface area contributed by atoms with E-state index in [0.717, 1.165) is 6.54 Å². The van der Waals surface area contributed by atoms with Crippen LogP contribution in [0.1, 0.15) is 13.8 Å². The number of rotatable bonds is 2. The van der Waals surface area contributed by atoms with Gasteiger partial charge in [0.05, 0.1) is 11.4 Å². The summed E-state index contributed by atoms with van der Waals surface area (Å²) in [6.07, 6.45) is 0. The Balaban J connectivity index is 2.25. The minimum atomic E-state index is 0.655. The molecule has 0 unspecified atom stereocenters. The molecule has 0 saturated carbocycles. The Morgan fingerprint density at radius 3 is 2.50 bits per heavy atom. The molecule has 1 aromatic carbocycles. The average molecular weight is 188 g/mol. The molecule has 14 heavy (non-hydrogen) atoms. The number of fused-ring (bicyclic) bond motifs is 1. The molecule has 0 fully saturated rings. The van der Waals surface area contributed by atoms with Crippen molar-refractivity contribution in [2.45, 2.75) is 13.8 Å². The first kappa shape index (κ1) is 9.38. The second-order valence-corrected chi connectivity index (χ2v) is 4.15. The van der Waals surface area contributed by atoms with Crippen molar-refractivity contribution in [3.05, 3.63) is 30.9 Å². The Morgan fingerprint density at radius 2 is 1.86 bits per heavy atom. The van der Waals surface area contributed by atoms with Crippen molar-refractivity contribution in [2.75, 3.05) is 23.4 Å². The molecule has 1 aromatic rings. The summed E-state index contributed by atoms with van der Waals surface area (Å²) in [5.41, 5.74) is 2.51. The first-order chi connectivity index (χ1) is 6.68. The van der Waals surface area contributed by atoms with Crippen molar-refractivity contribution in [2.24, 2.45) is 5.92 Å². The van der Waals surface area contributed by atoms with Gasteiger partial charge in [-0.15, -0.1) is 0 Å². The highest BCUT2D eigenvalue weighted by atomic mass is 15.4. The van der Waals surface area contributed by atoms with Gasteiger partial charge in [-0.2, -0.15) is 0 Å². The first-order valence-electron chi connectivity index (χ1n) is 5.05. The predicted molar refractivity (Wildman–Crippen MR) is 60.3 cm³/mol. The number of nitrogens with zero attached hydrogens (tertiary/aromatic N) is 2. The third kappa shape index (κ3) is 1.57. The second-order valence-electron chi connectivity index (χ2n) is 4.15. The molecule has 2 radical (unpaired) electrons. The quantitative estimate of drug-likeness (QED) is 0.704. The van der Waals surface area contributed by atoms with Crippen LogP contribution in [0, 0.1) is 12.6 Å². The Kier molecular flexibility index (Phi) is 2.36. The summed E-state index contributed by atoms with van der Waals surface area (Å²) >= 11 is 0. The highest BCUT2D eigenvalue weighted by Crippen LogP contribution is 2.36. The van der Waals surface area contributed by atoms with Crippen LogP contribution in [-0.2, 0) is 0 Å². The maximum Gasteiger partial charge on any atom is 0.208 e. The monoisotopic (exact) mass is 188 g/mol. The van der Waals surface area contributed by atoms with E-state index in [1.165, 1.54) is 11.4 Å². The molecular weight excluding hydrogens is 172 g/mol. The molecule has 1 aliphatic heterocycles. The smallest absolute Gasteiger partial charge is 0.208 e. The van der Waals surface area contributed by atoms with Gasteiger partial charge in [0.15, 0.2) is 0 Å². The van der Waals surface area contributed by atoms with E-state index < -0.39 is 0 Å². The van der Waals surface area contributed by atoms with Crippen molar-refractivity contribution >= 4 is 11.4 Å². The van der Waals surface area contributed by atoms with E-state index in [2.05, 4.69) is 54.6 Å². The lowest BCUT2D eigenvalue weighted by Gasteiger charge is -2.19. The molecule has 2 nitrogen and oxygen atoms in total. The van der Waals surface area contributed by atoms with Crippen molar-refractivity contribution in [1.29, 1.82) is 0 Å². The topological polar surface area (TPSA) is 6.48 Å². The molecule has 0 saturated heterocycles. The molecule has 1 aliphatic rings. The number of hydrogen-bond donors (Lipinski definition) is 0. The van der Waals surface area contributed by atoms with E-state index in [0.29, 0.717) is 5.92 Å². The molecule has 0 spiro atoms. The number of benzene rings is 1. The Labute approximate surface area is 86.1 Å². The van der Waals surface area contributed by atoms with E-state index in [1.54, 1.807) is 0 Å². The lowest BCUT2D eigenvalue weighted by atomic mass is 10.2. The van der Waals surface area contributed by atoms with Crippen LogP contribution >= 0.6 is 0 Å². The first-order valence-corrected chi connectivity index (χ1v) is 5.05. The van der Waals surface area contributed by atoms with Gasteiger partial charge in [-0.1, -0.05) is 26.0 Å². The van der Waals surface area contributed by atoms with Crippen LogP contribution in [0.2, 0.25) is 0 Å². The number of hydrogen-bond acceptors (Lipinski definition) is 2. The van der Waals surface area contributed by atoms with E-state index >= 15 is 0 Å². The lowest BCUT2D eigenvalue weighted by Crippen LogP contribution is -2.25. The van der Waals surface area contributed by atoms with Crippen LogP contribution in [0.4, 0.5) is 11.4 Å². The zero-order valence-electron chi connectivity index (χ0n) is 8.99. The maximum atomic E-state index is 3.32. The van der Waals surface area contributed by atoms with Crippen LogP contribution in [-0.4, -0.2) is 13.6 Å². The zero-order valence-corrected chi connectivity index (χ0v) is 8.99. The summed E-state index contributed by atoms with van der Waals surface area (Å²) in [6, 6.07) is 8.42. The molecule has 2 heteroatoms. The van der Waals surface area contributed by atoms with E-state index in [4.69, 9.17) is 0 Å².